The number of amides is 2. The van der Waals surface area contributed by atoms with E-state index in [4.69, 9.17) is 5.73 Å². The lowest BCUT2D eigenvalue weighted by molar-refractivity contribution is -0.137. The number of carbonyl (C=O) groups excluding carboxylic acids is 2. The molecule has 0 aliphatic carbocycles. The third-order valence-electron chi connectivity index (χ3n) is 5.53. The Kier molecular flexibility index (Phi) is 6.87. The number of nitrogens with two attached hydrogens (primary N) is 1. The van der Waals surface area contributed by atoms with E-state index in [1.807, 2.05) is 35.4 Å². The van der Waals surface area contributed by atoms with Gasteiger partial charge < -0.3 is 15.5 Å². The highest BCUT2D eigenvalue weighted by molar-refractivity contribution is 5.87. The highest BCUT2D eigenvalue weighted by Gasteiger charge is 2.36. The third kappa shape index (κ3) is 5.05. The van der Waals surface area contributed by atoms with Crippen LogP contribution in [0.15, 0.2) is 48.8 Å². The van der Waals surface area contributed by atoms with E-state index in [9.17, 15) is 9.59 Å². The average Bonchev–Trinajstić information content (AvgIpc) is 2.88. The lowest BCUT2D eigenvalue weighted by Crippen LogP contribution is -2.52. The quantitative estimate of drug-likeness (QED) is 0.797. The lowest BCUT2D eigenvalue weighted by atomic mass is 9.91. The summed E-state index contributed by atoms with van der Waals surface area (Å²) >= 11 is 0. The van der Waals surface area contributed by atoms with Crippen LogP contribution < -0.4 is 5.73 Å². The first-order chi connectivity index (χ1) is 14.3. The first-order valence-corrected chi connectivity index (χ1v) is 10.7. The summed E-state index contributed by atoms with van der Waals surface area (Å²) in [6.07, 6.45) is 5.05. The highest BCUT2D eigenvalue weighted by atomic mass is 16.2. The zero-order chi connectivity index (χ0) is 21.7. The molecule has 6 nitrogen and oxygen atoms in total. The number of hydrogen-bond acceptors (Lipinski definition) is 4. The molecule has 0 spiro atoms. The second kappa shape index (κ2) is 9.39. The van der Waals surface area contributed by atoms with Crippen molar-refractivity contribution < 1.29 is 9.59 Å². The lowest BCUT2D eigenvalue weighted by Gasteiger charge is -2.29. The molecule has 0 unspecified atom stereocenters. The number of pyridine rings is 1. The molecule has 1 fully saturated rings. The molecule has 1 aliphatic heterocycles. The fraction of sp³-hybridized carbons (Fsp3) is 0.458. The van der Waals surface area contributed by atoms with Crippen molar-refractivity contribution in [3.05, 3.63) is 54.4 Å². The molecule has 30 heavy (non-hydrogen) atoms. The number of benzene rings is 1. The topological polar surface area (TPSA) is 79.5 Å². The van der Waals surface area contributed by atoms with Crippen LogP contribution in [0.2, 0.25) is 0 Å². The van der Waals surface area contributed by atoms with Crippen molar-refractivity contribution in [3.63, 3.8) is 0 Å². The molecule has 0 bridgehead atoms. The maximum atomic E-state index is 13.3. The van der Waals surface area contributed by atoms with Crippen molar-refractivity contribution in [2.45, 2.75) is 39.2 Å². The van der Waals surface area contributed by atoms with E-state index in [0.717, 1.165) is 23.1 Å². The molecule has 1 aromatic carbocycles. The van der Waals surface area contributed by atoms with Gasteiger partial charge in [-0.05, 0) is 43.9 Å². The molecule has 2 amide bonds. The molecule has 6 heteroatoms. The van der Waals surface area contributed by atoms with Crippen LogP contribution in [0.4, 0.5) is 0 Å². The standard InChI is InChI=1S/C24H32N4O2/c1-4-12-27-13-14-28(23(30)24(2,3)25)17-20(22(27)29)15-18-8-5-6-10-21(18)19-9-7-11-26-16-19/h5-11,16,20H,4,12-15,17,25H2,1-3H3/t20-/m0/s1. The van der Waals surface area contributed by atoms with Gasteiger partial charge in [-0.2, -0.15) is 0 Å². The predicted molar refractivity (Wildman–Crippen MR) is 119 cm³/mol. The summed E-state index contributed by atoms with van der Waals surface area (Å²) in [6, 6.07) is 12.0. The Hall–Kier alpha value is -2.73. The molecule has 3 rings (SSSR count). The monoisotopic (exact) mass is 408 g/mol. The van der Waals surface area contributed by atoms with Gasteiger partial charge in [0.2, 0.25) is 11.8 Å². The largest absolute Gasteiger partial charge is 0.341 e. The van der Waals surface area contributed by atoms with Gasteiger partial charge in [-0.15, -0.1) is 0 Å². The van der Waals surface area contributed by atoms with Gasteiger partial charge in [0, 0.05) is 44.1 Å². The Morgan fingerprint density at radius 1 is 1.20 bits per heavy atom. The van der Waals surface area contributed by atoms with Gasteiger partial charge in [-0.1, -0.05) is 37.3 Å². The minimum Gasteiger partial charge on any atom is -0.341 e. The molecular weight excluding hydrogens is 376 g/mol. The van der Waals surface area contributed by atoms with E-state index >= 15 is 0 Å². The normalized spacial score (nSPS) is 17.7. The number of nitrogens with zero attached hydrogens (tertiary/aromatic N) is 3. The maximum Gasteiger partial charge on any atom is 0.242 e. The van der Waals surface area contributed by atoms with Crippen LogP contribution in [0, 0.1) is 5.92 Å². The molecule has 2 heterocycles. The van der Waals surface area contributed by atoms with Crippen LogP contribution in [-0.2, 0) is 16.0 Å². The minimum absolute atomic E-state index is 0.112. The molecule has 1 atom stereocenters. The summed E-state index contributed by atoms with van der Waals surface area (Å²) in [7, 11) is 0. The molecule has 1 saturated heterocycles. The van der Waals surface area contributed by atoms with E-state index in [-0.39, 0.29) is 17.7 Å². The van der Waals surface area contributed by atoms with Crippen LogP contribution in [0.1, 0.15) is 32.8 Å². The zero-order valence-electron chi connectivity index (χ0n) is 18.2. The van der Waals surface area contributed by atoms with E-state index in [2.05, 4.69) is 24.0 Å². The molecular formula is C24H32N4O2. The molecule has 2 N–H and O–H groups in total. The number of carbonyl (C=O) groups is 2. The number of hydrogen-bond donors (Lipinski definition) is 1. The van der Waals surface area contributed by atoms with Crippen molar-refractivity contribution in [1.82, 2.24) is 14.8 Å². The molecule has 160 valence electrons. The number of aromatic nitrogens is 1. The van der Waals surface area contributed by atoms with Crippen LogP contribution in [0.25, 0.3) is 11.1 Å². The zero-order valence-corrected chi connectivity index (χ0v) is 18.2. The van der Waals surface area contributed by atoms with Gasteiger partial charge in [0.05, 0.1) is 11.5 Å². The Morgan fingerprint density at radius 3 is 2.63 bits per heavy atom. The van der Waals surface area contributed by atoms with Crippen molar-refractivity contribution in [2.24, 2.45) is 11.7 Å². The molecule has 1 aromatic heterocycles. The Morgan fingerprint density at radius 2 is 1.97 bits per heavy atom. The van der Waals surface area contributed by atoms with Gasteiger partial charge in [-0.25, -0.2) is 0 Å². The fourth-order valence-electron chi connectivity index (χ4n) is 4.05. The molecule has 2 aromatic rings. The van der Waals surface area contributed by atoms with Crippen molar-refractivity contribution >= 4 is 11.8 Å². The summed E-state index contributed by atoms with van der Waals surface area (Å²) in [6.45, 7) is 7.67. The van der Waals surface area contributed by atoms with Crippen LogP contribution in [0.3, 0.4) is 0 Å². The van der Waals surface area contributed by atoms with E-state index in [0.29, 0.717) is 32.6 Å². The Labute approximate surface area is 179 Å². The summed E-state index contributed by atoms with van der Waals surface area (Å²) in [4.78, 5) is 34.1. The van der Waals surface area contributed by atoms with Gasteiger partial charge in [0.15, 0.2) is 0 Å². The first kappa shape index (κ1) is 22.0. The van der Waals surface area contributed by atoms with E-state index in [1.54, 1.807) is 24.9 Å². The molecule has 0 saturated carbocycles. The first-order valence-electron chi connectivity index (χ1n) is 10.7. The van der Waals surface area contributed by atoms with E-state index < -0.39 is 5.54 Å². The minimum atomic E-state index is -0.957. The average molecular weight is 409 g/mol. The predicted octanol–water partition coefficient (Wildman–Crippen LogP) is 2.73. The summed E-state index contributed by atoms with van der Waals surface area (Å²) in [5, 5.41) is 0. The maximum absolute atomic E-state index is 13.3. The molecule has 0 radical (unpaired) electrons. The third-order valence-corrected chi connectivity index (χ3v) is 5.53. The van der Waals surface area contributed by atoms with Crippen LogP contribution in [-0.4, -0.2) is 58.3 Å². The molecule has 1 aliphatic rings. The smallest absolute Gasteiger partial charge is 0.242 e. The second-order valence-electron chi connectivity index (χ2n) is 8.60. The SMILES string of the molecule is CCCN1CCN(C(=O)C(C)(C)N)C[C@H](Cc2ccccc2-c2cccnc2)C1=O. The van der Waals surface area contributed by atoms with Gasteiger partial charge >= 0.3 is 0 Å². The van der Waals surface area contributed by atoms with Crippen LogP contribution in [0.5, 0.6) is 0 Å². The Bertz CT molecular complexity index is 876. The van der Waals surface area contributed by atoms with Crippen molar-refractivity contribution in [1.29, 1.82) is 0 Å². The van der Waals surface area contributed by atoms with Gasteiger partial charge in [0.25, 0.3) is 0 Å². The number of rotatable bonds is 6. The Balaban J connectivity index is 1.92. The van der Waals surface area contributed by atoms with E-state index in [1.165, 1.54) is 0 Å². The summed E-state index contributed by atoms with van der Waals surface area (Å²) in [5.74, 6) is -0.301. The van der Waals surface area contributed by atoms with Crippen molar-refractivity contribution in [3.8, 4) is 11.1 Å². The van der Waals surface area contributed by atoms with Gasteiger partial charge in [0.1, 0.15) is 0 Å². The van der Waals surface area contributed by atoms with Gasteiger partial charge in [-0.3, -0.25) is 14.6 Å². The highest BCUT2D eigenvalue weighted by Crippen LogP contribution is 2.27. The summed E-state index contributed by atoms with van der Waals surface area (Å²) in [5.41, 5.74) is 8.31. The second-order valence-corrected chi connectivity index (χ2v) is 8.60. The van der Waals surface area contributed by atoms with Crippen LogP contribution >= 0.6 is 0 Å². The fourth-order valence-corrected chi connectivity index (χ4v) is 4.05. The summed E-state index contributed by atoms with van der Waals surface area (Å²) < 4.78 is 0. The van der Waals surface area contributed by atoms with Crippen molar-refractivity contribution in [2.75, 3.05) is 26.2 Å².